The van der Waals surface area contributed by atoms with Gasteiger partial charge in [0.2, 0.25) is 0 Å². The van der Waals surface area contributed by atoms with Crippen LogP contribution in [0.2, 0.25) is 0 Å². The maximum atomic E-state index is 12.9. The number of anilines is 1. The fourth-order valence-corrected chi connectivity index (χ4v) is 3.70. The van der Waals surface area contributed by atoms with E-state index in [0.29, 0.717) is 16.9 Å². The first-order valence-electron chi connectivity index (χ1n) is 8.52. The van der Waals surface area contributed by atoms with E-state index in [9.17, 15) is 14.7 Å². The van der Waals surface area contributed by atoms with Crippen LogP contribution in [0.1, 0.15) is 22.9 Å². The maximum Gasteiger partial charge on any atom is 0.301 e. The van der Waals surface area contributed by atoms with Crippen molar-refractivity contribution in [2.75, 3.05) is 4.90 Å². The van der Waals surface area contributed by atoms with Gasteiger partial charge >= 0.3 is 5.91 Å². The van der Waals surface area contributed by atoms with Gasteiger partial charge in [0.25, 0.3) is 5.78 Å². The minimum Gasteiger partial charge on any atom is -0.507 e. The van der Waals surface area contributed by atoms with Crippen molar-refractivity contribution in [2.45, 2.75) is 13.0 Å². The molecule has 1 aliphatic heterocycles. The van der Waals surface area contributed by atoms with Crippen molar-refractivity contribution in [1.82, 2.24) is 5.16 Å². The lowest BCUT2D eigenvalue weighted by Gasteiger charge is -2.23. The number of carbonyl (C=O) groups excluding carboxylic acids is 2. The number of amides is 1. The molecule has 2 aromatic carbocycles. The number of hydrogen-bond donors (Lipinski definition) is 1. The zero-order valence-corrected chi connectivity index (χ0v) is 16.4. The highest BCUT2D eigenvalue weighted by atomic mass is 79.9. The zero-order chi connectivity index (χ0) is 19.8. The Morgan fingerprint density at radius 3 is 2.50 bits per heavy atom. The molecule has 1 saturated heterocycles. The zero-order valence-electron chi connectivity index (χ0n) is 14.8. The number of benzene rings is 2. The number of ketones is 1. The number of aliphatic hydroxyl groups excluding tert-OH is 1. The van der Waals surface area contributed by atoms with E-state index in [4.69, 9.17) is 4.52 Å². The number of aliphatic hydroxyl groups is 1. The number of halogens is 1. The lowest BCUT2D eigenvalue weighted by Crippen LogP contribution is -2.29. The molecule has 28 heavy (non-hydrogen) atoms. The number of Topliss-reactive ketones (excluding diaryl/α,β-unsaturated/α-hetero) is 1. The third kappa shape index (κ3) is 3.03. The van der Waals surface area contributed by atoms with Gasteiger partial charge in [0.15, 0.2) is 5.82 Å². The van der Waals surface area contributed by atoms with Crippen LogP contribution in [0.4, 0.5) is 5.82 Å². The molecule has 0 saturated carbocycles. The molecule has 1 atom stereocenters. The summed E-state index contributed by atoms with van der Waals surface area (Å²) in [5.74, 6) is -1.04. The van der Waals surface area contributed by atoms with Gasteiger partial charge in [0.1, 0.15) is 11.5 Å². The van der Waals surface area contributed by atoms with Crippen molar-refractivity contribution in [3.63, 3.8) is 0 Å². The SMILES string of the molecule is Cc1cc(N2C(=O)C(=O)/C(=C(/O)c3ccccc3)C2c2cccc(Br)c2)no1. The van der Waals surface area contributed by atoms with Gasteiger partial charge in [-0.1, -0.05) is 63.6 Å². The standard InChI is InChI=1S/C21H15BrN2O4/c1-12-10-16(23-28-12)24-18(14-8-5-9-15(22)11-14)17(20(26)21(24)27)19(25)13-6-3-2-4-7-13/h2-11,18,25H,1H3/b19-17+. The number of hydrogen-bond acceptors (Lipinski definition) is 5. The summed E-state index contributed by atoms with van der Waals surface area (Å²) in [6.07, 6.45) is 0. The van der Waals surface area contributed by atoms with E-state index in [1.807, 2.05) is 6.07 Å². The van der Waals surface area contributed by atoms with Gasteiger partial charge in [0, 0.05) is 16.1 Å². The summed E-state index contributed by atoms with van der Waals surface area (Å²) in [6, 6.07) is 16.7. The van der Waals surface area contributed by atoms with Crippen LogP contribution in [-0.2, 0) is 9.59 Å². The van der Waals surface area contributed by atoms with Crippen molar-refractivity contribution >= 4 is 39.2 Å². The molecule has 4 rings (SSSR count). The van der Waals surface area contributed by atoms with Gasteiger partial charge < -0.3 is 9.63 Å². The predicted octanol–water partition coefficient (Wildman–Crippen LogP) is 4.37. The van der Waals surface area contributed by atoms with Gasteiger partial charge in [-0.25, -0.2) is 0 Å². The summed E-state index contributed by atoms with van der Waals surface area (Å²) >= 11 is 3.42. The second kappa shape index (κ2) is 7.09. The molecule has 1 N–H and O–H groups in total. The molecule has 1 amide bonds. The molecule has 140 valence electrons. The Morgan fingerprint density at radius 2 is 1.86 bits per heavy atom. The summed E-state index contributed by atoms with van der Waals surface area (Å²) in [7, 11) is 0. The fourth-order valence-electron chi connectivity index (χ4n) is 3.28. The summed E-state index contributed by atoms with van der Waals surface area (Å²) in [6.45, 7) is 1.70. The molecule has 0 spiro atoms. The topological polar surface area (TPSA) is 83.6 Å². The molecule has 7 heteroatoms. The summed E-state index contributed by atoms with van der Waals surface area (Å²) in [5, 5.41) is 14.8. The number of carbonyl (C=O) groups is 2. The van der Waals surface area contributed by atoms with Gasteiger partial charge in [-0.15, -0.1) is 0 Å². The first-order chi connectivity index (χ1) is 13.5. The smallest absolute Gasteiger partial charge is 0.301 e. The molecule has 1 aliphatic rings. The van der Waals surface area contributed by atoms with E-state index in [1.165, 1.54) is 4.90 Å². The van der Waals surface area contributed by atoms with Crippen molar-refractivity contribution in [3.05, 3.63) is 87.6 Å². The third-order valence-electron chi connectivity index (χ3n) is 4.52. The van der Waals surface area contributed by atoms with E-state index in [0.717, 1.165) is 4.47 Å². The van der Waals surface area contributed by atoms with Crippen molar-refractivity contribution in [2.24, 2.45) is 0 Å². The van der Waals surface area contributed by atoms with Gasteiger partial charge in [0.05, 0.1) is 11.6 Å². The molecule has 3 aromatic rings. The highest BCUT2D eigenvalue weighted by Crippen LogP contribution is 2.42. The Morgan fingerprint density at radius 1 is 1.11 bits per heavy atom. The van der Waals surface area contributed by atoms with Gasteiger partial charge in [-0.3, -0.25) is 14.5 Å². The summed E-state index contributed by atoms with van der Waals surface area (Å²) in [5.41, 5.74) is 1.12. The number of aryl methyl sites for hydroxylation is 1. The lowest BCUT2D eigenvalue weighted by molar-refractivity contribution is -0.132. The van der Waals surface area contributed by atoms with Crippen molar-refractivity contribution < 1.29 is 19.2 Å². The Balaban J connectivity index is 1.96. The normalized spacial score (nSPS) is 18.6. The van der Waals surface area contributed by atoms with Crippen LogP contribution in [0.15, 0.2) is 75.2 Å². The van der Waals surface area contributed by atoms with Crippen LogP contribution in [0.25, 0.3) is 5.76 Å². The Bertz CT molecular complexity index is 1100. The number of aromatic nitrogens is 1. The largest absolute Gasteiger partial charge is 0.507 e. The number of nitrogens with zero attached hydrogens (tertiary/aromatic N) is 2. The number of rotatable bonds is 3. The highest BCUT2D eigenvalue weighted by molar-refractivity contribution is 9.10. The van der Waals surface area contributed by atoms with Crippen LogP contribution in [-0.4, -0.2) is 22.0 Å². The summed E-state index contributed by atoms with van der Waals surface area (Å²) in [4.78, 5) is 27.0. The van der Waals surface area contributed by atoms with E-state index in [2.05, 4.69) is 21.1 Å². The Kier molecular flexibility index (Phi) is 4.60. The van der Waals surface area contributed by atoms with Gasteiger partial charge in [-0.05, 0) is 24.6 Å². The molecular weight excluding hydrogens is 424 g/mol. The van der Waals surface area contributed by atoms with E-state index < -0.39 is 17.7 Å². The van der Waals surface area contributed by atoms with Crippen LogP contribution in [0.5, 0.6) is 0 Å². The van der Waals surface area contributed by atoms with Crippen LogP contribution >= 0.6 is 15.9 Å². The van der Waals surface area contributed by atoms with Crippen LogP contribution in [0.3, 0.4) is 0 Å². The minimum atomic E-state index is -0.831. The molecule has 0 aliphatic carbocycles. The average Bonchev–Trinajstić information content (AvgIpc) is 3.23. The predicted molar refractivity (Wildman–Crippen MR) is 107 cm³/mol. The highest BCUT2D eigenvalue weighted by Gasteiger charge is 2.48. The lowest BCUT2D eigenvalue weighted by atomic mass is 9.95. The maximum absolute atomic E-state index is 12.9. The second-order valence-corrected chi connectivity index (χ2v) is 7.30. The average molecular weight is 439 g/mol. The Labute approximate surface area is 169 Å². The molecule has 0 radical (unpaired) electrons. The third-order valence-corrected chi connectivity index (χ3v) is 5.01. The van der Waals surface area contributed by atoms with Crippen LogP contribution in [0, 0.1) is 6.92 Å². The Hall–Kier alpha value is -3.19. The molecule has 6 nitrogen and oxygen atoms in total. The first kappa shape index (κ1) is 18.2. The first-order valence-corrected chi connectivity index (χ1v) is 9.32. The second-order valence-electron chi connectivity index (χ2n) is 6.39. The van der Waals surface area contributed by atoms with E-state index >= 15 is 0 Å². The van der Waals surface area contributed by atoms with E-state index in [-0.39, 0.29) is 17.2 Å². The molecular formula is C21H15BrN2O4. The quantitative estimate of drug-likeness (QED) is 0.372. The van der Waals surface area contributed by atoms with Crippen molar-refractivity contribution in [1.29, 1.82) is 0 Å². The molecule has 1 unspecified atom stereocenters. The van der Waals surface area contributed by atoms with E-state index in [1.54, 1.807) is 61.5 Å². The molecule has 1 aromatic heterocycles. The van der Waals surface area contributed by atoms with Crippen LogP contribution < -0.4 is 4.90 Å². The molecule has 2 heterocycles. The fraction of sp³-hybridized carbons (Fsp3) is 0.0952. The minimum absolute atomic E-state index is 0.00922. The van der Waals surface area contributed by atoms with Crippen molar-refractivity contribution in [3.8, 4) is 0 Å². The molecule has 1 fully saturated rings. The molecule has 0 bridgehead atoms. The van der Waals surface area contributed by atoms with Gasteiger partial charge in [-0.2, -0.15) is 0 Å². The monoisotopic (exact) mass is 438 g/mol. The summed E-state index contributed by atoms with van der Waals surface area (Å²) < 4.78 is 5.89.